The number of hydrogen-bond acceptors (Lipinski definition) is 4. The second kappa shape index (κ2) is 5.80. The molecule has 3 aromatic carbocycles. The average Bonchev–Trinajstić information content (AvgIpc) is 2.90. The lowest BCUT2D eigenvalue weighted by molar-refractivity contribution is -0.385. The molecular formula is C23H19FN2O3. The van der Waals surface area contributed by atoms with Crippen LogP contribution >= 0.6 is 0 Å². The topological polar surface area (TPSA) is 55.6 Å². The number of non-ortho nitro benzene ring substituents is 1. The summed E-state index contributed by atoms with van der Waals surface area (Å²) in [5.74, 6) is 0.295. The minimum absolute atomic E-state index is 0.0222. The summed E-state index contributed by atoms with van der Waals surface area (Å²) in [6.07, 6.45) is 0.486. The molecule has 2 heterocycles. The van der Waals surface area contributed by atoms with Gasteiger partial charge < -0.3 is 9.64 Å². The lowest BCUT2D eigenvalue weighted by Gasteiger charge is -2.51. The molecule has 2 aliphatic heterocycles. The molecular weight excluding hydrogens is 371 g/mol. The maximum absolute atomic E-state index is 14.3. The number of nitro groups is 1. The monoisotopic (exact) mass is 390 g/mol. The summed E-state index contributed by atoms with van der Waals surface area (Å²) in [6, 6.07) is 19.3. The van der Waals surface area contributed by atoms with Gasteiger partial charge in [-0.1, -0.05) is 30.3 Å². The van der Waals surface area contributed by atoms with Crippen LogP contribution in [0.3, 0.4) is 0 Å². The molecule has 146 valence electrons. The molecule has 2 aliphatic rings. The largest absolute Gasteiger partial charge is 0.462 e. The first-order valence-corrected chi connectivity index (χ1v) is 9.42. The zero-order chi connectivity index (χ0) is 20.4. The second-order valence-electron chi connectivity index (χ2n) is 7.89. The molecule has 3 aromatic rings. The van der Waals surface area contributed by atoms with Gasteiger partial charge in [-0.15, -0.1) is 0 Å². The summed E-state index contributed by atoms with van der Waals surface area (Å²) in [5.41, 5.74) is 1.90. The van der Waals surface area contributed by atoms with Gasteiger partial charge in [-0.3, -0.25) is 10.1 Å². The summed E-state index contributed by atoms with van der Waals surface area (Å²) in [6.45, 7) is 2.05. The highest BCUT2D eigenvalue weighted by atomic mass is 19.1. The third-order valence-corrected chi connectivity index (χ3v) is 6.36. The van der Waals surface area contributed by atoms with Crippen molar-refractivity contribution in [2.75, 3.05) is 11.9 Å². The fourth-order valence-corrected chi connectivity index (χ4v) is 5.05. The maximum atomic E-state index is 14.3. The Hall–Kier alpha value is -3.41. The van der Waals surface area contributed by atoms with E-state index < -0.39 is 16.1 Å². The Morgan fingerprint density at radius 2 is 1.86 bits per heavy atom. The number of hydrogen-bond donors (Lipinski definition) is 0. The zero-order valence-corrected chi connectivity index (χ0v) is 16.1. The van der Waals surface area contributed by atoms with Crippen molar-refractivity contribution in [1.29, 1.82) is 0 Å². The molecule has 5 nitrogen and oxygen atoms in total. The van der Waals surface area contributed by atoms with Crippen molar-refractivity contribution in [3.63, 3.8) is 0 Å². The van der Waals surface area contributed by atoms with Gasteiger partial charge in [0.15, 0.2) is 0 Å². The Morgan fingerprint density at radius 1 is 1.10 bits per heavy atom. The first kappa shape index (κ1) is 17.7. The van der Waals surface area contributed by atoms with Crippen LogP contribution in [0.15, 0.2) is 66.7 Å². The van der Waals surface area contributed by atoms with Crippen LogP contribution in [-0.4, -0.2) is 12.0 Å². The molecule has 0 bridgehead atoms. The number of rotatable bonds is 2. The van der Waals surface area contributed by atoms with Crippen molar-refractivity contribution in [3.05, 3.63) is 99.4 Å². The van der Waals surface area contributed by atoms with Gasteiger partial charge in [0.05, 0.1) is 10.3 Å². The maximum Gasteiger partial charge on any atom is 0.269 e. The minimum Gasteiger partial charge on any atom is -0.462 e. The summed E-state index contributed by atoms with van der Waals surface area (Å²) >= 11 is 0. The minimum atomic E-state index is -0.895. The van der Waals surface area contributed by atoms with Crippen LogP contribution in [0.1, 0.15) is 23.6 Å². The van der Waals surface area contributed by atoms with Crippen LogP contribution in [0, 0.1) is 15.9 Å². The molecule has 29 heavy (non-hydrogen) atoms. The molecule has 6 heteroatoms. The van der Waals surface area contributed by atoms with E-state index in [1.807, 2.05) is 44.3 Å². The Morgan fingerprint density at radius 3 is 2.59 bits per heavy atom. The SMILES string of the molecule is CN1c2ccc(F)cc2C2(C)Cc3cc([N+](=O)[O-])ccc3OC12c1ccccc1. The second-order valence-corrected chi connectivity index (χ2v) is 7.89. The molecule has 2 atom stereocenters. The third-order valence-electron chi connectivity index (χ3n) is 6.36. The highest BCUT2D eigenvalue weighted by molar-refractivity contribution is 5.69. The van der Waals surface area contributed by atoms with Gasteiger partial charge in [0.1, 0.15) is 11.6 Å². The Balaban J connectivity index is 1.80. The van der Waals surface area contributed by atoms with E-state index in [1.165, 1.54) is 12.1 Å². The quantitative estimate of drug-likeness (QED) is 0.460. The molecule has 0 spiro atoms. The highest BCUT2D eigenvalue weighted by Crippen LogP contribution is 2.61. The summed E-state index contributed by atoms with van der Waals surface area (Å²) < 4.78 is 20.9. The number of likely N-dealkylation sites (N-methyl/N-ethyl adjacent to an activating group) is 1. The van der Waals surface area contributed by atoms with Gasteiger partial charge >= 0.3 is 0 Å². The van der Waals surface area contributed by atoms with Crippen LogP contribution in [0.25, 0.3) is 0 Å². The van der Waals surface area contributed by atoms with Crippen LogP contribution in [0.4, 0.5) is 15.8 Å². The summed E-state index contributed by atoms with van der Waals surface area (Å²) in [7, 11) is 1.95. The molecule has 0 saturated carbocycles. The van der Waals surface area contributed by atoms with Crippen molar-refractivity contribution in [2.45, 2.75) is 24.5 Å². The van der Waals surface area contributed by atoms with Gasteiger partial charge in [0, 0.05) is 36.0 Å². The lowest BCUT2D eigenvalue weighted by atomic mass is 9.67. The van der Waals surface area contributed by atoms with E-state index in [-0.39, 0.29) is 11.5 Å². The fraction of sp³-hybridized carbons (Fsp3) is 0.217. The standard InChI is InChI=1S/C23H19FN2O3/c1-22-14-15-12-18(26(27)28)9-11-21(15)29-23(22,16-6-4-3-5-7-16)25(2)20-10-8-17(24)13-19(20)22/h3-13H,14H2,1-2H3. The van der Waals surface area contributed by atoms with E-state index in [9.17, 15) is 14.5 Å². The molecule has 0 N–H and O–H groups in total. The van der Waals surface area contributed by atoms with Gasteiger partial charge in [-0.05, 0) is 43.2 Å². The number of halogens is 1. The third kappa shape index (κ3) is 2.20. The lowest BCUT2D eigenvalue weighted by Crippen LogP contribution is -2.60. The predicted molar refractivity (Wildman–Crippen MR) is 108 cm³/mol. The number of fused-ring (bicyclic) bond motifs is 4. The van der Waals surface area contributed by atoms with Gasteiger partial charge in [0.25, 0.3) is 5.69 Å². The van der Waals surface area contributed by atoms with Gasteiger partial charge in [-0.2, -0.15) is 0 Å². The van der Waals surface area contributed by atoms with E-state index in [0.29, 0.717) is 12.2 Å². The summed E-state index contributed by atoms with van der Waals surface area (Å²) in [4.78, 5) is 12.9. The van der Waals surface area contributed by atoms with Gasteiger partial charge in [0.2, 0.25) is 5.72 Å². The van der Waals surface area contributed by atoms with Crippen molar-refractivity contribution < 1.29 is 14.1 Å². The van der Waals surface area contributed by atoms with Crippen molar-refractivity contribution in [1.82, 2.24) is 0 Å². The molecule has 0 fully saturated rings. The first-order chi connectivity index (χ1) is 13.9. The number of ether oxygens (including phenoxy) is 1. The van der Waals surface area contributed by atoms with Crippen LogP contribution in [0.5, 0.6) is 5.75 Å². The molecule has 5 rings (SSSR count). The normalized spacial score (nSPS) is 24.3. The summed E-state index contributed by atoms with van der Waals surface area (Å²) in [5, 5.41) is 11.3. The number of anilines is 1. The van der Waals surface area contributed by atoms with Crippen LogP contribution in [0.2, 0.25) is 0 Å². The zero-order valence-electron chi connectivity index (χ0n) is 16.1. The Kier molecular flexibility index (Phi) is 3.53. The molecule has 0 radical (unpaired) electrons. The number of benzene rings is 3. The van der Waals surface area contributed by atoms with E-state index in [1.54, 1.807) is 24.3 Å². The molecule has 0 saturated heterocycles. The molecule has 0 amide bonds. The highest BCUT2D eigenvalue weighted by Gasteiger charge is 2.63. The van der Waals surface area contributed by atoms with Crippen molar-refractivity contribution in [3.8, 4) is 5.75 Å². The molecule has 0 aliphatic carbocycles. The first-order valence-electron chi connectivity index (χ1n) is 9.42. The Labute approximate surface area is 167 Å². The fourth-order valence-electron chi connectivity index (χ4n) is 5.05. The Bertz CT molecular complexity index is 1150. The number of nitrogens with zero attached hydrogens (tertiary/aromatic N) is 2. The molecule has 0 aromatic heterocycles. The number of nitro benzene ring substituents is 1. The van der Waals surface area contributed by atoms with E-state index in [4.69, 9.17) is 4.74 Å². The van der Waals surface area contributed by atoms with E-state index in [2.05, 4.69) is 4.90 Å². The van der Waals surface area contributed by atoms with Crippen molar-refractivity contribution >= 4 is 11.4 Å². The van der Waals surface area contributed by atoms with E-state index in [0.717, 1.165) is 22.4 Å². The molecule has 2 unspecified atom stereocenters. The predicted octanol–water partition coefficient (Wildman–Crippen LogP) is 4.93. The van der Waals surface area contributed by atoms with Crippen LogP contribution < -0.4 is 9.64 Å². The van der Waals surface area contributed by atoms with E-state index >= 15 is 0 Å². The van der Waals surface area contributed by atoms with Gasteiger partial charge in [-0.25, -0.2) is 4.39 Å². The van der Waals surface area contributed by atoms with Crippen LogP contribution in [-0.2, 0) is 17.6 Å². The smallest absolute Gasteiger partial charge is 0.269 e. The average molecular weight is 390 g/mol. The van der Waals surface area contributed by atoms with Crippen molar-refractivity contribution in [2.24, 2.45) is 0 Å².